The monoisotopic (exact) mass is 248 g/mol. The van der Waals surface area contributed by atoms with Crippen LogP contribution < -0.4 is 5.32 Å². The maximum absolute atomic E-state index is 3.23. The summed E-state index contributed by atoms with van der Waals surface area (Å²) in [6.07, 6.45) is 3.59. The first kappa shape index (κ1) is 15.2. The van der Waals surface area contributed by atoms with Crippen molar-refractivity contribution in [3.05, 3.63) is 35.4 Å². The van der Waals surface area contributed by atoms with Gasteiger partial charge in [-0.1, -0.05) is 38.1 Å². The largest absolute Gasteiger partial charge is 0.319 e. The minimum absolute atomic E-state index is 1.05. The molecule has 102 valence electrons. The van der Waals surface area contributed by atoms with E-state index in [1.54, 1.807) is 0 Å². The van der Waals surface area contributed by atoms with E-state index in [0.717, 1.165) is 19.5 Å². The molecule has 0 atom stereocenters. The van der Waals surface area contributed by atoms with Crippen molar-refractivity contribution >= 4 is 0 Å². The van der Waals surface area contributed by atoms with Crippen molar-refractivity contribution in [2.45, 2.75) is 39.7 Å². The minimum atomic E-state index is 1.05. The van der Waals surface area contributed by atoms with Crippen LogP contribution in [-0.4, -0.2) is 31.6 Å². The molecular formula is C16H28N2. The van der Waals surface area contributed by atoms with E-state index < -0.39 is 0 Å². The maximum atomic E-state index is 3.23. The van der Waals surface area contributed by atoms with Crippen LogP contribution in [0.4, 0.5) is 0 Å². The molecule has 0 aliphatic rings. The Hall–Kier alpha value is -0.860. The molecule has 1 rings (SSSR count). The van der Waals surface area contributed by atoms with Gasteiger partial charge in [-0.3, -0.25) is 4.90 Å². The third kappa shape index (κ3) is 5.19. The molecule has 2 heteroatoms. The van der Waals surface area contributed by atoms with E-state index in [1.807, 2.05) is 7.05 Å². The summed E-state index contributed by atoms with van der Waals surface area (Å²) in [6, 6.07) is 8.86. The summed E-state index contributed by atoms with van der Waals surface area (Å²) >= 11 is 0. The number of hydrogen-bond acceptors (Lipinski definition) is 2. The van der Waals surface area contributed by atoms with Crippen molar-refractivity contribution in [1.29, 1.82) is 0 Å². The zero-order valence-electron chi connectivity index (χ0n) is 12.2. The Morgan fingerprint density at radius 1 is 1.00 bits per heavy atom. The van der Waals surface area contributed by atoms with Gasteiger partial charge in [-0.15, -0.1) is 0 Å². The molecule has 18 heavy (non-hydrogen) atoms. The van der Waals surface area contributed by atoms with Gasteiger partial charge >= 0.3 is 0 Å². The van der Waals surface area contributed by atoms with Gasteiger partial charge in [0.25, 0.3) is 0 Å². The number of likely N-dealkylation sites (N-methyl/N-ethyl adjacent to an activating group) is 1. The fraction of sp³-hybridized carbons (Fsp3) is 0.625. The lowest BCUT2D eigenvalue weighted by Gasteiger charge is -2.22. The molecule has 0 radical (unpaired) electrons. The lowest BCUT2D eigenvalue weighted by atomic mass is 10.0. The molecule has 0 aliphatic heterocycles. The summed E-state index contributed by atoms with van der Waals surface area (Å²) in [5.74, 6) is 0. The highest BCUT2D eigenvalue weighted by Crippen LogP contribution is 2.13. The van der Waals surface area contributed by atoms with Gasteiger partial charge in [-0.25, -0.2) is 0 Å². The van der Waals surface area contributed by atoms with Crippen LogP contribution >= 0.6 is 0 Å². The summed E-state index contributed by atoms with van der Waals surface area (Å²) in [7, 11) is 2.02. The van der Waals surface area contributed by atoms with Crippen LogP contribution in [0.5, 0.6) is 0 Å². The molecule has 1 N–H and O–H groups in total. The van der Waals surface area contributed by atoms with E-state index in [0.29, 0.717) is 0 Å². The van der Waals surface area contributed by atoms with Crippen LogP contribution in [0.2, 0.25) is 0 Å². The van der Waals surface area contributed by atoms with E-state index in [9.17, 15) is 0 Å². The zero-order valence-corrected chi connectivity index (χ0v) is 12.2. The first-order valence-corrected chi connectivity index (χ1v) is 7.25. The standard InChI is InChI=1S/C16H28N2/c1-4-12-18(13-5-2)14-16-9-7-6-8-15(16)10-11-17-3/h6-9,17H,4-5,10-14H2,1-3H3. The second-order valence-corrected chi connectivity index (χ2v) is 4.90. The van der Waals surface area contributed by atoms with Gasteiger partial charge in [0, 0.05) is 6.54 Å². The normalized spacial score (nSPS) is 11.1. The van der Waals surface area contributed by atoms with Crippen molar-refractivity contribution in [1.82, 2.24) is 10.2 Å². The molecule has 0 spiro atoms. The highest BCUT2D eigenvalue weighted by atomic mass is 15.1. The Kier molecular flexibility index (Phi) is 7.70. The zero-order chi connectivity index (χ0) is 13.2. The number of nitrogens with one attached hydrogen (secondary N) is 1. The molecule has 0 aromatic heterocycles. The van der Waals surface area contributed by atoms with E-state index in [4.69, 9.17) is 0 Å². The predicted molar refractivity (Wildman–Crippen MR) is 79.9 cm³/mol. The first-order valence-electron chi connectivity index (χ1n) is 7.25. The highest BCUT2D eigenvalue weighted by Gasteiger charge is 2.07. The Bertz CT molecular complexity index is 317. The number of hydrogen-bond donors (Lipinski definition) is 1. The van der Waals surface area contributed by atoms with Crippen LogP contribution in [0.1, 0.15) is 37.8 Å². The van der Waals surface area contributed by atoms with E-state index in [2.05, 4.69) is 48.3 Å². The van der Waals surface area contributed by atoms with Gasteiger partial charge < -0.3 is 5.32 Å². The van der Waals surface area contributed by atoms with E-state index in [-0.39, 0.29) is 0 Å². The molecule has 0 heterocycles. The highest BCUT2D eigenvalue weighted by molar-refractivity contribution is 5.27. The molecule has 0 bridgehead atoms. The SMILES string of the molecule is CCCN(CCC)Cc1ccccc1CCNC. The molecule has 0 unspecified atom stereocenters. The number of benzene rings is 1. The van der Waals surface area contributed by atoms with Crippen molar-refractivity contribution in [2.24, 2.45) is 0 Å². The third-order valence-electron chi connectivity index (χ3n) is 3.24. The second kappa shape index (κ2) is 9.12. The number of nitrogens with zero attached hydrogens (tertiary/aromatic N) is 1. The minimum Gasteiger partial charge on any atom is -0.319 e. The lowest BCUT2D eigenvalue weighted by molar-refractivity contribution is 0.266. The van der Waals surface area contributed by atoms with Crippen LogP contribution in [0.25, 0.3) is 0 Å². The Morgan fingerprint density at radius 2 is 1.61 bits per heavy atom. The second-order valence-electron chi connectivity index (χ2n) is 4.90. The summed E-state index contributed by atoms with van der Waals surface area (Å²) in [5, 5.41) is 3.23. The lowest BCUT2D eigenvalue weighted by Crippen LogP contribution is -2.25. The van der Waals surface area contributed by atoms with Gasteiger partial charge in [-0.2, -0.15) is 0 Å². The van der Waals surface area contributed by atoms with Crippen LogP contribution in [0.3, 0.4) is 0 Å². The third-order valence-corrected chi connectivity index (χ3v) is 3.24. The topological polar surface area (TPSA) is 15.3 Å². The van der Waals surface area contributed by atoms with E-state index in [1.165, 1.54) is 37.1 Å². The van der Waals surface area contributed by atoms with Crippen molar-refractivity contribution in [3.8, 4) is 0 Å². The maximum Gasteiger partial charge on any atom is 0.0236 e. The van der Waals surface area contributed by atoms with Crippen LogP contribution in [0, 0.1) is 0 Å². The predicted octanol–water partition coefficient (Wildman–Crippen LogP) is 3.07. The van der Waals surface area contributed by atoms with Gasteiger partial charge in [0.05, 0.1) is 0 Å². The van der Waals surface area contributed by atoms with Gasteiger partial charge in [0.1, 0.15) is 0 Å². The molecule has 1 aromatic carbocycles. The summed E-state index contributed by atoms with van der Waals surface area (Å²) in [6.45, 7) is 9.08. The van der Waals surface area contributed by atoms with Crippen LogP contribution in [-0.2, 0) is 13.0 Å². The smallest absolute Gasteiger partial charge is 0.0236 e. The molecule has 2 nitrogen and oxygen atoms in total. The molecule has 0 aliphatic carbocycles. The van der Waals surface area contributed by atoms with Gasteiger partial charge in [0.2, 0.25) is 0 Å². The Balaban J connectivity index is 2.67. The molecule has 0 amide bonds. The van der Waals surface area contributed by atoms with Gasteiger partial charge in [0.15, 0.2) is 0 Å². The quantitative estimate of drug-likeness (QED) is 0.722. The molecule has 1 aromatic rings. The summed E-state index contributed by atoms with van der Waals surface area (Å²) < 4.78 is 0. The molecule has 0 fully saturated rings. The van der Waals surface area contributed by atoms with Crippen molar-refractivity contribution in [3.63, 3.8) is 0 Å². The average molecular weight is 248 g/mol. The van der Waals surface area contributed by atoms with Crippen molar-refractivity contribution in [2.75, 3.05) is 26.7 Å². The molecular weight excluding hydrogens is 220 g/mol. The average Bonchev–Trinajstić information content (AvgIpc) is 2.38. The van der Waals surface area contributed by atoms with Crippen molar-refractivity contribution < 1.29 is 0 Å². The Morgan fingerprint density at radius 3 is 2.17 bits per heavy atom. The first-order chi connectivity index (χ1) is 8.81. The molecule has 0 saturated heterocycles. The van der Waals surface area contributed by atoms with E-state index >= 15 is 0 Å². The number of rotatable bonds is 9. The molecule has 0 saturated carbocycles. The Labute approximate surface area is 112 Å². The van der Waals surface area contributed by atoms with Gasteiger partial charge in [-0.05, 0) is 57.1 Å². The van der Waals surface area contributed by atoms with Crippen LogP contribution in [0.15, 0.2) is 24.3 Å². The summed E-state index contributed by atoms with van der Waals surface area (Å²) in [4.78, 5) is 2.57. The fourth-order valence-corrected chi connectivity index (χ4v) is 2.36. The summed E-state index contributed by atoms with van der Waals surface area (Å²) in [5.41, 5.74) is 2.98. The fourth-order valence-electron chi connectivity index (χ4n) is 2.36.